The number of nitrogens with one attached hydrogen (secondary N) is 1. The summed E-state index contributed by atoms with van der Waals surface area (Å²) in [5.74, 6) is 0.639. The van der Waals surface area contributed by atoms with E-state index in [-0.39, 0.29) is 0 Å². The Hall–Kier alpha value is -0.860. The lowest BCUT2D eigenvalue weighted by atomic mass is 10.00. The van der Waals surface area contributed by atoms with Crippen molar-refractivity contribution in [2.75, 3.05) is 20.6 Å². The topological polar surface area (TPSA) is 15.3 Å². The van der Waals surface area contributed by atoms with Crippen LogP contribution in [0.4, 0.5) is 0 Å². The van der Waals surface area contributed by atoms with Gasteiger partial charge in [-0.15, -0.1) is 0 Å². The van der Waals surface area contributed by atoms with Crippen LogP contribution in [0.2, 0.25) is 0 Å². The first-order valence-electron chi connectivity index (χ1n) is 7.43. The summed E-state index contributed by atoms with van der Waals surface area (Å²) in [6, 6.07) is 9.91. The molecule has 0 radical (unpaired) electrons. The highest BCUT2D eigenvalue weighted by Crippen LogP contribution is 2.16. The molecule has 2 atom stereocenters. The highest BCUT2D eigenvalue weighted by atomic mass is 15.1. The third-order valence-electron chi connectivity index (χ3n) is 3.72. The lowest BCUT2D eigenvalue weighted by Gasteiger charge is -2.29. The van der Waals surface area contributed by atoms with Gasteiger partial charge in [-0.05, 0) is 44.5 Å². The number of nitrogens with zero attached hydrogens (tertiary/aromatic N) is 1. The molecule has 0 aliphatic heterocycles. The predicted octanol–water partition coefficient (Wildman–Crippen LogP) is 3.49. The SMILES string of the molecule is CCc1ccc(C(C)NC(CN(C)C)C(C)C)cc1. The van der Waals surface area contributed by atoms with Crippen LogP contribution in [0.1, 0.15) is 44.9 Å². The van der Waals surface area contributed by atoms with E-state index in [0.717, 1.165) is 13.0 Å². The van der Waals surface area contributed by atoms with Gasteiger partial charge in [0.15, 0.2) is 0 Å². The highest BCUT2D eigenvalue weighted by molar-refractivity contribution is 5.24. The van der Waals surface area contributed by atoms with E-state index in [1.54, 1.807) is 0 Å². The van der Waals surface area contributed by atoms with Gasteiger partial charge in [0.1, 0.15) is 0 Å². The molecule has 0 aliphatic rings. The summed E-state index contributed by atoms with van der Waals surface area (Å²) in [5, 5.41) is 3.76. The van der Waals surface area contributed by atoms with Crippen molar-refractivity contribution < 1.29 is 0 Å². The zero-order valence-corrected chi connectivity index (χ0v) is 13.4. The molecule has 1 aromatic rings. The van der Waals surface area contributed by atoms with Crippen molar-refractivity contribution in [2.24, 2.45) is 5.92 Å². The predicted molar refractivity (Wildman–Crippen MR) is 84.6 cm³/mol. The Kier molecular flexibility index (Phi) is 6.53. The fourth-order valence-corrected chi connectivity index (χ4v) is 2.31. The third-order valence-corrected chi connectivity index (χ3v) is 3.72. The molecule has 2 unspecified atom stereocenters. The van der Waals surface area contributed by atoms with Crippen molar-refractivity contribution in [3.05, 3.63) is 35.4 Å². The maximum absolute atomic E-state index is 3.76. The molecule has 0 amide bonds. The number of rotatable bonds is 7. The normalized spacial score (nSPS) is 14.9. The van der Waals surface area contributed by atoms with Crippen molar-refractivity contribution in [2.45, 2.75) is 46.2 Å². The van der Waals surface area contributed by atoms with E-state index in [4.69, 9.17) is 0 Å². The second kappa shape index (κ2) is 7.66. The van der Waals surface area contributed by atoms with E-state index in [0.29, 0.717) is 18.0 Å². The van der Waals surface area contributed by atoms with E-state index >= 15 is 0 Å². The summed E-state index contributed by atoms with van der Waals surface area (Å²) < 4.78 is 0. The Bertz CT molecular complexity index is 354. The van der Waals surface area contributed by atoms with E-state index in [1.807, 2.05) is 0 Å². The van der Waals surface area contributed by atoms with Gasteiger partial charge in [-0.1, -0.05) is 45.0 Å². The van der Waals surface area contributed by atoms with Gasteiger partial charge in [-0.3, -0.25) is 0 Å². The largest absolute Gasteiger partial charge is 0.308 e. The number of hydrogen-bond donors (Lipinski definition) is 1. The van der Waals surface area contributed by atoms with Crippen molar-refractivity contribution >= 4 is 0 Å². The van der Waals surface area contributed by atoms with Gasteiger partial charge in [0.2, 0.25) is 0 Å². The molecule has 108 valence electrons. The maximum Gasteiger partial charge on any atom is 0.0294 e. The Morgan fingerprint density at radius 1 is 1.05 bits per heavy atom. The average Bonchev–Trinajstić information content (AvgIpc) is 2.37. The van der Waals surface area contributed by atoms with Crippen LogP contribution in [0, 0.1) is 5.92 Å². The van der Waals surface area contributed by atoms with E-state index in [1.165, 1.54) is 11.1 Å². The maximum atomic E-state index is 3.76. The van der Waals surface area contributed by atoms with Gasteiger partial charge in [0, 0.05) is 18.6 Å². The molecule has 0 fully saturated rings. The quantitative estimate of drug-likeness (QED) is 0.809. The van der Waals surface area contributed by atoms with Crippen LogP contribution in [0.3, 0.4) is 0 Å². The molecule has 0 bridgehead atoms. The second-order valence-corrected chi connectivity index (χ2v) is 6.10. The molecule has 0 heterocycles. The van der Waals surface area contributed by atoms with Crippen molar-refractivity contribution in [3.8, 4) is 0 Å². The van der Waals surface area contributed by atoms with Gasteiger partial charge in [0.05, 0.1) is 0 Å². The van der Waals surface area contributed by atoms with Gasteiger partial charge >= 0.3 is 0 Å². The summed E-state index contributed by atoms with van der Waals surface area (Å²) in [7, 11) is 4.27. The highest BCUT2D eigenvalue weighted by Gasteiger charge is 2.17. The number of hydrogen-bond acceptors (Lipinski definition) is 2. The first-order valence-corrected chi connectivity index (χ1v) is 7.43. The fourth-order valence-electron chi connectivity index (χ4n) is 2.31. The van der Waals surface area contributed by atoms with Crippen LogP contribution in [-0.4, -0.2) is 31.6 Å². The van der Waals surface area contributed by atoms with Gasteiger partial charge < -0.3 is 10.2 Å². The van der Waals surface area contributed by atoms with Crippen LogP contribution in [-0.2, 0) is 6.42 Å². The Balaban J connectivity index is 2.66. The molecule has 0 saturated carbocycles. The van der Waals surface area contributed by atoms with Gasteiger partial charge in [-0.2, -0.15) is 0 Å². The molecule has 2 nitrogen and oxygen atoms in total. The fraction of sp³-hybridized carbons (Fsp3) is 0.647. The minimum absolute atomic E-state index is 0.401. The molecule has 1 N–H and O–H groups in total. The smallest absolute Gasteiger partial charge is 0.0294 e. The van der Waals surface area contributed by atoms with E-state index in [2.05, 4.69) is 76.3 Å². The standard InChI is InChI=1S/C17H30N2/c1-7-15-8-10-16(11-9-15)14(4)18-17(13(2)3)12-19(5)6/h8-11,13-14,17-18H,7,12H2,1-6H3. The molecular formula is C17H30N2. The molecule has 0 saturated heterocycles. The van der Waals surface area contributed by atoms with Crippen LogP contribution < -0.4 is 5.32 Å². The Morgan fingerprint density at radius 3 is 2.05 bits per heavy atom. The zero-order valence-electron chi connectivity index (χ0n) is 13.4. The number of benzene rings is 1. The number of likely N-dealkylation sites (N-methyl/N-ethyl adjacent to an activating group) is 1. The minimum atomic E-state index is 0.401. The molecule has 0 aliphatic carbocycles. The molecule has 0 aromatic heterocycles. The zero-order chi connectivity index (χ0) is 14.4. The molecule has 1 rings (SSSR count). The summed E-state index contributed by atoms with van der Waals surface area (Å²) in [5.41, 5.74) is 2.78. The molecule has 2 heteroatoms. The summed E-state index contributed by atoms with van der Waals surface area (Å²) in [6.07, 6.45) is 1.11. The van der Waals surface area contributed by atoms with E-state index in [9.17, 15) is 0 Å². The average molecular weight is 262 g/mol. The summed E-state index contributed by atoms with van der Waals surface area (Å²) >= 11 is 0. The van der Waals surface area contributed by atoms with Crippen LogP contribution in [0.15, 0.2) is 24.3 Å². The second-order valence-electron chi connectivity index (χ2n) is 6.10. The van der Waals surface area contributed by atoms with Crippen LogP contribution in [0.25, 0.3) is 0 Å². The van der Waals surface area contributed by atoms with E-state index < -0.39 is 0 Å². The Labute approximate surface area is 119 Å². The van der Waals surface area contributed by atoms with Crippen molar-refractivity contribution in [3.63, 3.8) is 0 Å². The minimum Gasteiger partial charge on any atom is -0.308 e. The molecule has 1 aromatic carbocycles. The van der Waals surface area contributed by atoms with Crippen LogP contribution >= 0.6 is 0 Å². The summed E-state index contributed by atoms with van der Waals surface area (Å²) in [6.45, 7) is 10.1. The van der Waals surface area contributed by atoms with Gasteiger partial charge in [-0.25, -0.2) is 0 Å². The van der Waals surface area contributed by atoms with Gasteiger partial charge in [0.25, 0.3) is 0 Å². The molecule has 0 spiro atoms. The number of aryl methyl sites for hydroxylation is 1. The third kappa shape index (κ3) is 5.33. The van der Waals surface area contributed by atoms with Crippen molar-refractivity contribution in [1.82, 2.24) is 10.2 Å². The lowest BCUT2D eigenvalue weighted by molar-refractivity contribution is 0.273. The Morgan fingerprint density at radius 2 is 1.63 bits per heavy atom. The summed E-state index contributed by atoms with van der Waals surface area (Å²) in [4.78, 5) is 2.25. The molecular weight excluding hydrogens is 232 g/mol. The first kappa shape index (κ1) is 16.2. The van der Waals surface area contributed by atoms with Crippen molar-refractivity contribution in [1.29, 1.82) is 0 Å². The van der Waals surface area contributed by atoms with Crippen LogP contribution in [0.5, 0.6) is 0 Å². The first-order chi connectivity index (χ1) is 8.93. The monoisotopic (exact) mass is 262 g/mol. The molecule has 19 heavy (non-hydrogen) atoms. The lowest BCUT2D eigenvalue weighted by Crippen LogP contribution is -2.43.